The summed E-state index contributed by atoms with van der Waals surface area (Å²) in [5, 5.41) is 3.24. The van der Waals surface area contributed by atoms with Crippen molar-refractivity contribution in [3.63, 3.8) is 0 Å². The van der Waals surface area contributed by atoms with Crippen LogP contribution in [0.1, 0.15) is 67.4 Å². The van der Waals surface area contributed by atoms with Crippen molar-refractivity contribution in [1.82, 2.24) is 5.32 Å². The molecule has 1 aromatic rings. The predicted octanol–water partition coefficient (Wildman–Crippen LogP) is 6.31. The van der Waals surface area contributed by atoms with Crippen molar-refractivity contribution in [3.05, 3.63) is 64.8 Å². The van der Waals surface area contributed by atoms with Crippen LogP contribution < -0.4 is 11.1 Å². The van der Waals surface area contributed by atoms with E-state index < -0.39 is 12.1 Å². The Balaban J connectivity index is 2.14. The van der Waals surface area contributed by atoms with Gasteiger partial charge < -0.3 is 11.1 Å². The van der Waals surface area contributed by atoms with Gasteiger partial charge >= 0.3 is 6.18 Å². The number of amides is 1. The number of aryl methyl sites for hydroxylation is 1. The lowest BCUT2D eigenvalue weighted by atomic mass is 9.85. The van der Waals surface area contributed by atoms with E-state index in [0.717, 1.165) is 17.5 Å². The fraction of sp³-hybridized carbons (Fsp3) is 0.480. The normalized spacial score (nSPS) is 17.9. The molecule has 0 heterocycles. The van der Waals surface area contributed by atoms with Crippen molar-refractivity contribution in [2.45, 2.75) is 59.1 Å². The van der Waals surface area contributed by atoms with E-state index in [1.807, 2.05) is 26.0 Å². The van der Waals surface area contributed by atoms with E-state index in [9.17, 15) is 18.0 Å². The Bertz CT molecular complexity index is 868. The summed E-state index contributed by atoms with van der Waals surface area (Å²) in [5.74, 6) is -0.663. The molecule has 3 N–H and O–H groups in total. The molecule has 1 amide bonds. The number of carbonyl (C=O) groups is 1. The zero-order valence-electron chi connectivity index (χ0n) is 18.6. The zero-order valence-corrected chi connectivity index (χ0v) is 18.6. The highest BCUT2D eigenvalue weighted by Crippen LogP contribution is 2.40. The molecule has 0 saturated carbocycles. The van der Waals surface area contributed by atoms with Crippen LogP contribution in [0.3, 0.4) is 0 Å². The van der Waals surface area contributed by atoms with Gasteiger partial charge in [0.1, 0.15) is 0 Å². The molecule has 31 heavy (non-hydrogen) atoms. The lowest BCUT2D eigenvalue weighted by molar-refractivity contribution is -0.0962. The number of nitrogens with two attached hydrogens (primary N) is 1. The summed E-state index contributed by atoms with van der Waals surface area (Å²) in [7, 11) is 0. The van der Waals surface area contributed by atoms with Gasteiger partial charge in [0.15, 0.2) is 0 Å². The highest BCUT2D eigenvalue weighted by molar-refractivity contribution is 5.94. The van der Waals surface area contributed by atoms with Gasteiger partial charge in [-0.25, -0.2) is 0 Å². The molecule has 6 heteroatoms. The average Bonchev–Trinajstić information content (AvgIpc) is 2.88. The van der Waals surface area contributed by atoms with E-state index in [4.69, 9.17) is 5.73 Å². The third-order valence-electron chi connectivity index (χ3n) is 5.83. The van der Waals surface area contributed by atoms with Crippen LogP contribution in [0.5, 0.6) is 0 Å². The number of hydrogen-bond donors (Lipinski definition) is 2. The highest BCUT2D eigenvalue weighted by atomic mass is 19.4. The SMILES string of the molecule is C=C(NCCC(CCC)C1=C(C(F)(F)F)CC(C)CC=C1)c1ccc(C(N)=O)c(C)c1. The van der Waals surface area contributed by atoms with Crippen molar-refractivity contribution in [3.8, 4) is 0 Å². The minimum absolute atomic E-state index is 0.0165. The van der Waals surface area contributed by atoms with Crippen LogP contribution >= 0.6 is 0 Å². The zero-order chi connectivity index (χ0) is 23.2. The summed E-state index contributed by atoms with van der Waals surface area (Å²) in [6.45, 7) is 10.2. The number of nitrogens with one attached hydrogen (secondary N) is 1. The Morgan fingerprint density at radius 1 is 1.32 bits per heavy atom. The van der Waals surface area contributed by atoms with E-state index in [2.05, 4.69) is 11.9 Å². The number of alkyl halides is 3. The molecule has 0 saturated heterocycles. The monoisotopic (exact) mass is 434 g/mol. The average molecular weight is 435 g/mol. The van der Waals surface area contributed by atoms with Crippen molar-refractivity contribution in [1.29, 1.82) is 0 Å². The van der Waals surface area contributed by atoms with Gasteiger partial charge in [-0.2, -0.15) is 13.2 Å². The van der Waals surface area contributed by atoms with Gasteiger partial charge in [0.05, 0.1) is 0 Å². The van der Waals surface area contributed by atoms with Crippen molar-refractivity contribution in [2.24, 2.45) is 17.6 Å². The Hall–Kier alpha value is -2.50. The van der Waals surface area contributed by atoms with Crippen LogP contribution in [0, 0.1) is 18.8 Å². The molecule has 0 aromatic heterocycles. The summed E-state index contributed by atoms with van der Waals surface area (Å²) in [6, 6.07) is 5.27. The third kappa shape index (κ3) is 6.74. The summed E-state index contributed by atoms with van der Waals surface area (Å²) >= 11 is 0. The van der Waals surface area contributed by atoms with Gasteiger partial charge in [-0.1, -0.05) is 45.1 Å². The molecule has 0 spiro atoms. The van der Waals surface area contributed by atoms with E-state index in [0.29, 0.717) is 42.6 Å². The van der Waals surface area contributed by atoms with Crippen molar-refractivity contribution >= 4 is 11.6 Å². The molecule has 0 aliphatic heterocycles. The molecule has 1 aromatic carbocycles. The Labute approximate surface area is 183 Å². The summed E-state index contributed by atoms with van der Waals surface area (Å²) in [5.41, 5.74) is 8.13. The van der Waals surface area contributed by atoms with Crippen LogP contribution in [-0.4, -0.2) is 18.6 Å². The first kappa shape index (κ1) is 24.8. The number of benzene rings is 1. The molecule has 1 aliphatic rings. The van der Waals surface area contributed by atoms with Gasteiger partial charge in [0.25, 0.3) is 0 Å². The quantitative estimate of drug-likeness (QED) is 0.479. The summed E-state index contributed by atoms with van der Waals surface area (Å²) in [4.78, 5) is 11.4. The first-order chi connectivity index (χ1) is 14.5. The molecule has 0 radical (unpaired) electrons. The van der Waals surface area contributed by atoms with Crippen LogP contribution in [0.2, 0.25) is 0 Å². The van der Waals surface area contributed by atoms with Crippen LogP contribution in [-0.2, 0) is 0 Å². The number of halogens is 3. The van der Waals surface area contributed by atoms with Crippen molar-refractivity contribution in [2.75, 3.05) is 6.54 Å². The topological polar surface area (TPSA) is 55.1 Å². The van der Waals surface area contributed by atoms with Gasteiger partial charge in [0, 0.05) is 23.4 Å². The molecule has 0 bridgehead atoms. The standard InChI is InChI=1S/C25H33F3N2O/c1-5-7-19(22-9-6-8-16(2)14-23(22)25(26,27)28)12-13-30-18(4)20-10-11-21(24(29)31)17(3)15-20/h6,9-11,15-16,19,30H,4-5,7-8,12-14H2,1-3H3,(H2,29,31). The Morgan fingerprint density at radius 3 is 2.61 bits per heavy atom. The molecule has 1 aliphatic carbocycles. The minimum Gasteiger partial charge on any atom is -0.385 e. The highest BCUT2D eigenvalue weighted by Gasteiger charge is 2.38. The lowest BCUT2D eigenvalue weighted by Gasteiger charge is -2.24. The lowest BCUT2D eigenvalue weighted by Crippen LogP contribution is -2.22. The number of rotatable bonds is 9. The van der Waals surface area contributed by atoms with E-state index in [1.54, 1.807) is 25.1 Å². The van der Waals surface area contributed by atoms with Crippen LogP contribution in [0.15, 0.2) is 48.1 Å². The number of carbonyl (C=O) groups excluding carboxylic acids is 1. The molecule has 170 valence electrons. The molecule has 0 fully saturated rings. The van der Waals surface area contributed by atoms with E-state index in [1.165, 1.54) is 0 Å². The Kier molecular flexibility index (Phi) is 8.54. The number of allylic oxidation sites excluding steroid dienone is 4. The minimum atomic E-state index is -4.30. The fourth-order valence-corrected chi connectivity index (χ4v) is 4.17. The molecule has 2 rings (SSSR count). The van der Waals surface area contributed by atoms with E-state index >= 15 is 0 Å². The smallest absolute Gasteiger partial charge is 0.385 e. The molecule has 2 unspecified atom stereocenters. The second kappa shape index (κ2) is 10.7. The molecular formula is C25H33F3N2O. The Morgan fingerprint density at radius 2 is 2.03 bits per heavy atom. The second-order valence-electron chi connectivity index (χ2n) is 8.45. The first-order valence-corrected chi connectivity index (χ1v) is 10.8. The van der Waals surface area contributed by atoms with Gasteiger partial charge in [-0.05, 0) is 73.3 Å². The fourth-order valence-electron chi connectivity index (χ4n) is 4.17. The molecule has 2 atom stereocenters. The second-order valence-corrected chi connectivity index (χ2v) is 8.45. The van der Waals surface area contributed by atoms with Gasteiger partial charge in [-0.15, -0.1) is 0 Å². The maximum absolute atomic E-state index is 13.8. The van der Waals surface area contributed by atoms with Crippen molar-refractivity contribution < 1.29 is 18.0 Å². The number of hydrogen-bond acceptors (Lipinski definition) is 2. The first-order valence-electron chi connectivity index (χ1n) is 10.8. The maximum Gasteiger partial charge on any atom is 0.412 e. The van der Waals surface area contributed by atoms with Gasteiger partial charge in [-0.3, -0.25) is 4.79 Å². The molecule has 3 nitrogen and oxygen atoms in total. The largest absolute Gasteiger partial charge is 0.412 e. The summed E-state index contributed by atoms with van der Waals surface area (Å²) in [6.07, 6.45) is 2.12. The summed E-state index contributed by atoms with van der Waals surface area (Å²) < 4.78 is 41.4. The predicted molar refractivity (Wildman–Crippen MR) is 120 cm³/mol. The third-order valence-corrected chi connectivity index (χ3v) is 5.83. The van der Waals surface area contributed by atoms with E-state index in [-0.39, 0.29) is 23.8 Å². The van der Waals surface area contributed by atoms with Crippen LogP contribution in [0.4, 0.5) is 13.2 Å². The number of primary amides is 1. The van der Waals surface area contributed by atoms with Gasteiger partial charge in [0.2, 0.25) is 5.91 Å². The molecular weight excluding hydrogens is 401 g/mol. The van der Waals surface area contributed by atoms with Crippen LogP contribution in [0.25, 0.3) is 5.70 Å². The maximum atomic E-state index is 13.8.